The third-order valence-electron chi connectivity index (χ3n) is 2.23. The van der Waals surface area contributed by atoms with Crippen molar-refractivity contribution in [2.24, 2.45) is 0 Å². The van der Waals surface area contributed by atoms with E-state index in [1.807, 2.05) is 31.3 Å². The first-order valence-corrected chi connectivity index (χ1v) is 5.76. The van der Waals surface area contributed by atoms with Crippen molar-refractivity contribution in [3.8, 4) is 0 Å². The van der Waals surface area contributed by atoms with Crippen LogP contribution in [-0.2, 0) is 11.3 Å². The van der Waals surface area contributed by atoms with Crippen LogP contribution < -0.4 is 10.6 Å². The summed E-state index contributed by atoms with van der Waals surface area (Å²) in [6.07, 6.45) is 1.43. The number of hydrogen-bond donors (Lipinski definition) is 2. The molecule has 1 rings (SSSR count). The van der Waals surface area contributed by atoms with E-state index in [1.165, 1.54) is 0 Å². The van der Waals surface area contributed by atoms with Gasteiger partial charge in [-0.1, -0.05) is 23.7 Å². The predicted octanol–water partition coefficient (Wildman–Crippen LogP) is 1.96. The van der Waals surface area contributed by atoms with Crippen molar-refractivity contribution in [1.29, 1.82) is 0 Å². The van der Waals surface area contributed by atoms with Gasteiger partial charge in [0.2, 0.25) is 5.91 Å². The zero-order chi connectivity index (χ0) is 11.8. The normalized spacial score (nSPS) is 10.1. The van der Waals surface area contributed by atoms with Crippen LogP contribution in [0.5, 0.6) is 0 Å². The first kappa shape index (κ1) is 13.0. The van der Waals surface area contributed by atoms with Crippen LogP contribution in [0.3, 0.4) is 0 Å². The summed E-state index contributed by atoms with van der Waals surface area (Å²) in [5.74, 6) is 0.0881. The molecule has 0 heterocycles. The number of rotatable bonds is 6. The molecule has 1 amide bonds. The Kier molecular flexibility index (Phi) is 5.90. The topological polar surface area (TPSA) is 41.1 Å². The zero-order valence-electron chi connectivity index (χ0n) is 9.42. The van der Waals surface area contributed by atoms with Crippen molar-refractivity contribution in [2.75, 3.05) is 13.6 Å². The molecule has 0 aromatic heterocycles. The van der Waals surface area contributed by atoms with Crippen LogP contribution in [0.2, 0.25) is 5.02 Å². The zero-order valence-corrected chi connectivity index (χ0v) is 10.2. The smallest absolute Gasteiger partial charge is 0.220 e. The third-order valence-corrected chi connectivity index (χ3v) is 2.49. The summed E-state index contributed by atoms with van der Waals surface area (Å²) in [6.45, 7) is 1.43. The van der Waals surface area contributed by atoms with Gasteiger partial charge >= 0.3 is 0 Å². The highest BCUT2D eigenvalue weighted by Gasteiger charge is 2.00. The Hall–Kier alpha value is -1.06. The number of halogens is 1. The maximum atomic E-state index is 11.4. The van der Waals surface area contributed by atoms with Crippen LogP contribution in [0.1, 0.15) is 18.4 Å². The molecule has 0 saturated carbocycles. The Morgan fingerprint density at radius 3 is 2.62 bits per heavy atom. The van der Waals surface area contributed by atoms with Gasteiger partial charge in [-0.05, 0) is 37.7 Å². The van der Waals surface area contributed by atoms with Crippen molar-refractivity contribution >= 4 is 17.5 Å². The number of amides is 1. The minimum Gasteiger partial charge on any atom is -0.352 e. The third kappa shape index (κ3) is 5.14. The van der Waals surface area contributed by atoms with Crippen LogP contribution >= 0.6 is 11.6 Å². The average Bonchev–Trinajstić information content (AvgIpc) is 2.29. The minimum atomic E-state index is 0.0881. The van der Waals surface area contributed by atoms with E-state index in [9.17, 15) is 4.79 Å². The molecule has 1 aromatic carbocycles. The quantitative estimate of drug-likeness (QED) is 0.747. The molecular weight excluding hydrogens is 224 g/mol. The molecule has 0 aliphatic heterocycles. The minimum absolute atomic E-state index is 0.0881. The summed E-state index contributed by atoms with van der Waals surface area (Å²) < 4.78 is 0. The van der Waals surface area contributed by atoms with Gasteiger partial charge in [0.15, 0.2) is 0 Å². The highest BCUT2D eigenvalue weighted by Crippen LogP contribution is 2.09. The van der Waals surface area contributed by atoms with Crippen LogP contribution in [0.25, 0.3) is 0 Å². The van der Waals surface area contributed by atoms with Gasteiger partial charge in [0.1, 0.15) is 0 Å². The molecule has 0 unspecified atom stereocenters. The molecule has 0 radical (unpaired) electrons. The number of hydrogen-bond acceptors (Lipinski definition) is 2. The standard InChI is InChI=1S/C12H17ClN2O/c1-14-8-2-3-12(16)15-9-10-4-6-11(13)7-5-10/h4-7,14H,2-3,8-9H2,1H3,(H,15,16). The molecule has 0 aliphatic rings. The summed E-state index contributed by atoms with van der Waals surface area (Å²) in [4.78, 5) is 11.4. The molecule has 2 N–H and O–H groups in total. The summed E-state index contributed by atoms with van der Waals surface area (Å²) in [5, 5.41) is 6.59. The first-order valence-electron chi connectivity index (χ1n) is 5.38. The summed E-state index contributed by atoms with van der Waals surface area (Å²) in [6, 6.07) is 7.47. The predicted molar refractivity (Wildman–Crippen MR) is 66.5 cm³/mol. The number of carbonyl (C=O) groups excluding carboxylic acids is 1. The van der Waals surface area contributed by atoms with Gasteiger partial charge in [0.05, 0.1) is 0 Å². The monoisotopic (exact) mass is 240 g/mol. The van der Waals surface area contributed by atoms with E-state index in [0.29, 0.717) is 18.0 Å². The fraction of sp³-hybridized carbons (Fsp3) is 0.417. The largest absolute Gasteiger partial charge is 0.352 e. The van der Waals surface area contributed by atoms with Gasteiger partial charge in [0, 0.05) is 18.0 Å². The Labute approximate surface area is 101 Å². The molecule has 0 fully saturated rings. The first-order chi connectivity index (χ1) is 7.72. The van der Waals surface area contributed by atoms with Crippen LogP contribution in [0.4, 0.5) is 0 Å². The van der Waals surface area contributed by atoms with Crippen molar-refractivity contribution in [1.82, 2.24) is 10.6 Å². The van der Waals surface area contributed by atoms with Gasteiger partial charge < -0.3 is 10.6 Å². The maximum absolute atomic E-state index is 11.4. The molecule has 0 bridgehead atoms. The second-order valence-electron chi connectivity index (χ2n) is 3.61. The fourth-order valence-electron chi connectivity index (χ4n) is 1.32. The van der Waals surface area contributed by atoms with Crippen LogP contribution in [-0.4, -0.2) is 19.5 Å². The lowest BCUT2D eigenvalue weighted by Crippen LogP contribution is -2.23. The fourth-order valence-corrected chi connectivity index (χ4v) is 1.44. The molecule has 3 nitrogen and oxygen atoms in total. The molecule has 0 aliphatic carbocycles. The van der Waals surface area contributed by atoms with Crippen molar-refractivity contribution in [2.45, 2.75) is 19.4 Å². The number of nitrogens with one attached hydrogen (secondary N) is 2. The molecule has 88 valence electrons. The van der Waals surface area contributed by atoms with E-state index in [2.05, 4.69) is 10.6 Å². The van der Waals surface area contributed by atoms with E-state index in [4.69, 9.17) is 11.6 Å². The Morgan fingerprint density at radius 1 is 1.31 bits per heavy atom. The van der Waals surface area contributed by atoms with E-state index < -0.39 is 0 Å². The van der Waals surface area contributed by atoms with Crippen molar-refractivity contribution in [3.63, 3.8) is 0 Å². The van der Waals surface area contributed by atoms with Crippen molar-refractivity contribution < 1.29 is 4.79 Å². The van der Waals surface area contributed by atoms with Gasteiger partial charge in [-0.25, -0.2) is 0 Å². The van der Waals surface area contributed by atoms with Gasteiger partial charge in [-0.15, -0.1) is 0 Å². The lowest BCUT2D eigenvalue weighted by Gasteiger charge is -2.05. The van der Waals surface area contributed by atoms with E-state index in [-0.39, 0.29) is 5.91 Å². The maximum Gasteiger partial charge on any atom is 0.220 e. The van der Waals surface area contributed by atoms with Crippen LogP contribution in [0.15, 0.2) is 24.3 Å². The summed E-state index contributed by atoms with van der Waals surface area (Å²) >= 11 is 5.76. The highest BCUT2D eigenvalue weighted by atomic mass is 35.5. The van der Waals surface area contributed by atoms with Gasteiger partial charge in [0.25, 0.3) is 0 Å². The summed E-state index contributed by atoms with van der Waals surface area (Å²) in [7, 11) is 1.88. The average molecular weight is 241 g/mol. The highest BCUT2D eigenvalue weighted by molar-refractivity contribution is 6.30. The van der Waals surface area contributed by atoms with E-state index in [0.717, 1.165) is 18.5 Å². The Bertz CT molecular complexity index is 324. The second kappa shape index (κ2) is 7.25. The van der Waals surface area contributed by atoms with Gasteiger partial charge in [-0.3, -0.25) is 4.79 Å². The second-order valence-corrected chi connectivity index (χ2v) is 4.05. The number of benzene rings is 1. The molecule has 1 aromatic rings. The molecule has 0 spiro atoms. The molecule has 16 heavy (non-hydrogen) atoms. The lowest BCUT2D eigenvalue weighted by atomic mass is 10.2. The molecule has 0 atom stereocenters. The molecular formula is C12H17ClN2O. The SMILES string of the molecule is CNCCCC(=O)NCc1ccc(Cl)cc1. The molecule has 0 saturated heterocycles. The van der Waals surface area contributed by atoms with Crippen molar-refractivity contribution in [3.05, 3.63) is 34.9 Å². The van der Waals surface area contributed by atoms with Gasteiger partial charge in [-0.2, -0.15) is 0 Å². The Balaban J connectivity index is 2.23. The van der Waals surface area contributed by atoms with E-state index in [1.54, 1.807) is 0 Å². The van der Waals surface area contributed by atoms with Crippen LogP contribution in [0, 0.1) is 0 Å². The number of carbonyl (C=O) groups is 1. The lowest BCUT2D eigenvalue weighted by molar-refractivity contribution is -0.121. The molecule has 4 heteroatoms. The Morgan fingerprint density at radius 2 is 2.00 bits per heavy atom. The van der Waals surface area contributed by atoms with E-state index >= 15 is 0 Å². The summed E-state index contributed by atoms with van der Waals surface area (Å²) in [5.41, 5.74) is 1.06.